The third-order valence-electron chi connectivity index (χ3n) is 1.98. The minimum atomic E-state index is -0.696. The molecular weight excluding hydrogens is 208 g/mol. The van der Waals surface area contributed by atoms with Crippen LogP contribution in [0.2, 0.25) is 0 Å². The molecule has 0 spiro atoms. The maximum Gasteiger partial charge on any atom is 0.269 e. The Morgan fingerprint density at radius 1 is 1.62 bits per heavy atom. The van der Waals surface area contributed by atoms with Crippen LogP contribution >= 0.6 is 0 Å². The second kappa shape index (κ2) is 6.19. The van der Waals surface area contributed by atoms with Crippen LogP contribution in [-0.2, 0) is 4.74 Å². The SMILES string of the molecule is COCC(O)CNC(=O)c1cccc(C)n1. The van der Waals surface area contributed by atoms with Crippen molar-refractivity contribution >= 4 is 5.91 Å². The number of nitrogens with one attached hydrogen (secondary N) is 1. The minimum Gasteiger partial charge on any atom is -0.389 e. The number of aromatic nitrogens is 1. The average molecular weight is 224 g/mol. The molecule has 0 bridgehead atoms. The van der Waals surface area contributed by atoms with Crippen molar-refractivity contribution in [2.24, 2.45) is 0 Å². The van der Waals surface area contributed by atoms with Gasteiger partial charge in [0.2, 0.25) is 0 Å². The molecular formula is C11H16N2O3. The molecule has 0 fully saturated rings. The number of aliphatic hydroxyl groups excluding tert-OH is 1. The summed E-state index contributed by atoms with van der Waals surface area (Å²) in [6.45, 7) is 2.17. The van der Waals surface area contributed by atoms with Crippen molar-refractivity contribution in [1.82, 2.24) is 10.3 Å². The van der Waals surface area contributed by atoms with E-state index in [1.54, 1.807) is 12.1 Å². The lowest BCUT2D eigenvalue weighted by molar-refractivity contribution is 0.0608. The highest BCUT2D eigenvalue weighted by atomic mass is 16.5. The maximum atomic E-state index is 11.6. The summed E-state index contributed by atoms with van der Waals surface area (Å²) in [5, 5.41) is 11.9. The van der Waals surface area contributed by atoms with Crippen LogP contribution in [-0.4, -0.2) is 42.4 Å². The number of nitrogens with zero attached hydrogens (tertiary/aromatic N) is 1. The van der Waals surface area contributed by atoms with Gasteiger partial charge >= 0.3 is 0 Å². The number of methoxy groups -OCH3 is 1. The Morgan fingerprint density at radius 2 is 2.38 bits per heavy atom. The van der Waals surface area contributed by atoms with Crippen molar-refractivity contribution in [3.63, 3.8) is 0 Å². The number of amides is 1. The normalized spacial score (nSPS) is 12.2. The molecule has 0 aliphatic carbocycles. The summed E-state index contributed by atoms with van der Waals surface area (Å²) in [7, 11) is 1.49. The molecule has 0 saturated heterocycles. The van der Waals surface area contributed by atoms with E-state index >= 15 is 0 Å². The first kappa shape index (κ1) is 12.6. The van der Waals surface area contributed by atoms with Crippen LogP contribution in [0.1, 0.15) is 16.2 Å². The number of aryl methyl sites for hydroxylation is 1. The van der Waals surface area contributed by atoms with Gasteiger partial charge in [-0.15, -0.1) is 0 Å². The third kappa shape index (κ3) is 3.96. The van der Waals surface area contributed by atoms with E-state index in [4.69, 9.17) is 4.74 Å². The quantitative estimate of drug-likeness (QED) is 0.745. The first-order valence-electron chi connectivity index (χ1n) is 5.02. The average Bonchev–Trinajstić information content (AvgIpc) is 2.26. The van der Waals surface area contributed by atoms with Crippen LogP contribution in [0.5, 0.6) is 0 Å². The smallest absolute Gasteiger partial charge is 0.269 e. The predicted molar refractivity (Wildman–Crippen MR) is 59.2 cm³/mol. The van der Waals surface area contributed by atoms with Crippen LogP contribution in [0, 0.1) is 6.92 Å². The lowest BCUT2D eigenvalue weighted by Gasteiger charge is -2.10. The fourth-order valence-electron chi connectivity index (χ4n) is 1.22. The molecule has 1 atom stereocenters. The highest BCUT2D eigenvalue weighted by Gasteiger charge is 2.09. The lowest BCUT2D eigenvalue weighted by atomic mass is 10.3. The van der Waals surface area contributed by atoms with E-state index in [1.165, 1.54) is 7.11 Å². The van der Waals surface area contributed by atoms with Gasteiger partial charge in [0.1, 0.15) is 5.69 Å². The fourth-order valence-corrected chi connectivity index (χ4v) is 1.22. The van der Waals surface area contributed by atoms with E-state index in [0.717, 1.165) is 5.69 Å². The number of hydrogen-bond acceptors (Lipinski definition) is 4. The van der Waals surface area contributed by atoms with Gasteiger partial charge in [0, 0.05) is 19.3 Å². The number of ether oxygens (including phenoxy) is 1. The minimum absolute atomic E-state index is 0.155. The Bertz CT molecular complexity index is 355. The summed E-state index contributed by atoms with van der Waals surface area (Å²) in [6.07, 6.45) is -0.696. The molecule has 1 unspecified atom stereocenters. The predicted octanol–water partition coefficient (Wildman–Crippen LogP) is 0.127. The van der Waals surface area contributed by atoms with E-state index in [-0.39, 0.29) is 19.1 Å². The third-order valence-corrected chi connectivity index (χ3v) is 1.98. The monoisotopic (exact) mass is 224 g/mol. The molecule has 0 saturated carbocycles. The summed E-state index contributed by atoms with van der Waals surface area (Å²) in [4.78, 5) is 15.7. The molecule has 1 aromatic rings. The van der Waals surface area contributed by atoms with Crippen LogP contribution in [0.3, 0.4) is 0 Å². The Morgan fingerprint density at radius 3 is 3.00 bits per heavy atom. The van der Waals surface area contributed by atoms with E-state index < -0.39 is 6.10 Å². The lowest BCUT2D eigenvalue weighted by Crippen LogP contribution is -2.34. The standard InChI is InChI=1S/C11H16N2O3/c1-8-4-3-5-10(13-8)11(15)12-6-9(14)7-16-2/h3-5,9,14H,6-7H2,1-2H3,(H,12,15). The van der Waals surface area contributed by atoms with E-state index in [1.807, 2.05) is 13.0 Å². The fraction of sp³-hybridized carbons (Fsp3) is 0.455. The summed E-state index contributed by atoms with van der Waals surface area (Å²) >= 11 is 0. The van der Waals surface area contributed by atoms with Gasteiger partial charge in [-0.1, -0.05) is 6.07 Å². The van der Waals surface area contributed by atoms with Crippen LogP contribution in [0.4, 0.5) is 0 Å². The van der Waals surface area contributed by atoms with Gasteiger partial charge < -0.3 is 15.2 Å². The van der Waals surface area contributed by atoms with Gasteiger partial charge in [-0.05, 0) is 19.1 Å². The van der Waals surface area contributed by atoms with Gasteiger partial charge in [-0.25, -0.2) is 4.98 Å². The Hall–Kier alpha value is -1.46. The van der Waals surface area contributed by atoms with E-state index in [2.05, 4.69) is 10.3 Å². The zero-order valence-corrected chi connectivity index (χ0v) is 9.43. The molecule has 1 amide bonds. The van der Waals surface area contributed by atoms with E-state index in [9.17, 15) is 9.90 Å². The van der Waals surface area contributed by atoms with Gasteiger partial charge in [0.05, 0.1) is 12.7 Å². The zero-order chi connectivity index (χ0) is 12.0. The van der Waals surface area contributed by atoms with Crippen LogP contribution in [0.25, 0.3) is 0 Å². The number of aliphatic hydroxyl groups is 1. The van der Waals surface area contributed by atoms with Gasteiger partial charge in [0.25, 0.3) is 5.91 Å². The molecule has 0 radical (unpaired) electrons. The molecule has 5 heteroatoms. The van der Waals surface area contributed by atoms with Crippen molar-refractivity contribution in [3.8, 4) is 0 Å². The van der Waals surface area contributed by atoms with Crippen molar-refractivity contribution in [2.45, 2.75) is 13.0 Å². The number of carbonyl (C=O) groups is 1. The molecule has 5 nitrogen and oxygen atoms in total. The van der Waals surface area contributed by atoms with E-state index in [0.29, 0.717) is 5.69 Å². The molecule has 2 N–H and O–H groups in total. The Kier molecular flexibility index (Phi) is 4.88. The summed E-state index contributed by atoms with van der Waals surface area (Å²) in [5.74, 6) is -0.293. The van der Waals surface area contributed by atoms with Crippen LogP contribution < -0.4 is 5.32 Å². The molecule has 1 heterocycles. The summed E-state index contributed by atoms with van der Waals surface area (Å²) < 4.78 is 4.74. The molecule has 0 aliphatic rings. The molecule has 88 valence electrons. The zero-order valence-electron chi connectivity index (χ0n) is 9.43. The van der Waals surface area contributed by atoms with Crippen molar-refractivity contribution in [1.29, 1.82) is 0 Å². The van der Waals surface area contributed by atoms with Crippen LogP contribution in [0.15, 0.2) is 18.2 Å². The Balaban J connectivity index is 2.47. The number of hydrogen-bond donors (Lipinski definition) is 2. The molecule has 1 rings (SSSR count). The highest BCUT2D eigenvalue weighted by Crippen LogP contribution is 1.97. The molecule has 0 aliphatic heterocycles. The summed E-state index contributed by atoms with van der Waals surface area (Å²) in [5.41, 5.74) is 1.13. The number of pyridine rings is 1. The molecule has 1 aromatic heterocycles. The number of carbonyl (C=O) groups excluding carboxylic acids is 1. The summed E-state index contributed by atoms with van der Waals surface area (Å²) in [6, 6.07) is 5.21. The molecule has 0 aromatic carbocycles. The van der Waals surface area contributed by atoms with Crippen molar-refractivity contribution in [2.75, 3.05) is 20.3 Å². The first-order valence-corrected chi connectivity index (χ1v) is 5.02. The second-order valence-corrected chi connectivity index (χ2v) is 3.48. The highest BCUT2D eigenvalue weighted by molar-refractivity contribution is 5.92. The van der Waals surface area contributed by atoms with Crippen molar-refractivity contribution in [3.05, 3.63) is 29.6 Å². The van der Waals surface area contributed by atoms with Gasteiger partial charge in [-0.3, -0.25) is 4.79 Å². The largest absolute Gasteiger partial charge is 0.389 e. The second-order valence-electron chi connectivity index (χ2n) is 3.48. The van der Waals surface area contributed by atoms with Crippen molar-refractivity contribution < 1.29 is 14.6 Å². The van der Waals surface area contributed by atoms with Gasteiger partial charge in [0.15, 0.2) is 0 Å². The topological polar surface area (TPSA) is 71.5 Å². The molecule has 16 heavy (non-hydrogen) atoms. The van der Waals surface area contributed by atoms with Gasteiger partial charge in [-0.2, -0.15) is 0 Å². The maximum absolute atomic E-state index is 11.6. The Labute approximate surface area is 94.5 Å². The number of rotatable bonds is 5. The first-order chi connectivity index (χ1) is 7.63.